The lowest BCUT2D eigenvalue weighted by Crippen LogP contribution is -2.18. The Labute approximate surface area is 106 Å². The number of hydrogen-bond donors (Lipinski definition) is 2. The van der Waals surface area contributed by atoms with Crippen LogP contribution in [-0.2, 0) is 20.7 Å². The van der Waals surface area contributed by atoms with Crippen LogP contribution >= 0.6 is 0 Å². The van der Waals surface area contributed by atoms with E-state index in [1.807, 2.05) is 6.92 Å². The van der Waals surface area contributed by atoms with Gasteiger partial charge in [-0.15, -0.1) is 0 Å². The van der Waals surface area contributed by atoms with Gasteiger partial charge in [-0.1, -0.05) is 12.1 Å². The minimum absolute atomic E-state index is 0.0390. The maximum absolute atomic E-state index is 11.4. The quantitative estimate of drug-likeness (QED) is 0.773. The molecule has 0 unspecified atom stereocenters. The number of ether oxygens (including phenoxy) is 1. The monoisotopic (exact) mass is 251 g/mol. The molecule has 18 heavy (non-hydrogen) atoms. The summed E-state index contributed by atoms with van der Waals surface area (Å²) in [5.74, 6) is -1.01. The van der Waals surface area contributed by atoms with Crippen molar-refractivity contribution in [2.24, 2.45) is 0 Å². The zero-order valence-electron chi connectivity index (χ0n) is 10.3. The zero-order chi connectivity index (χ0) is 13.4. The predicted molar refractivity (Wildman–Crippen MR) is 67.5 cm³/mol. The lowest BCUT2D eigenvalue weighted by atomic mass is 10.1. The van der Waals surface area contributed by atoms with E-state index in [0.29, 0.717) is 18.7 Å². The highest BCUT2D eigenvalue weighted by molar-refractivity contribution is 5.91. The van der Waals surface area contributed by atoms with Crippen molar-refractivity contribution in [2.45, 2.75) is 19.8 Å². The molecule has 0 aliphatic rings. The van der Waals surface area contributed by atoms with Crippen LogP contribution in [0.25, 0.3) is 0 Å². The number of benzene rings is 1. The number of aryl methyl sites for hydroxylation is 1. The molecule has 0 radical (unpaired) electrons. The summed E-state index contributed by atoms with van der Waals surface area (Å²) in [6.45, 7) is 2.36. The number of carboxylic acids is 1. The highest BCUT2D eigenvalue weighted by atomic mass is 16.5. The molecule has 0 aromatic heterocycles. The molecule has 5 nitrogen and oxygen atoms in total. The normalized spacial score (nSPS) is 10.1. The first-order valence-electron chi connectivity index (χ1n) is 5.80. The van der Waals surface area contributed by atoms with Crippen LogP contribution in [0.4, 0.5) is 5.69 Å². The Kier molecular flexibility index (Phi) is 5.87. The van der Waals surface area contributed by atoms with Crippen molar-refractivity contribution in [1.29, 1.82) is 0 Å². The molecule has 1 amide bonds. The average Bonchev–Trinajstić information content (AvgIpc) is 2.35. The minimum Gasteiger partial charge on any atom is -0.481 e. The number of amides is 1. The molecule has 1 aromatic rings. The van der Waals surface area contributed by atoms with E-state index in [1.54, 1.807) is 24.3 Å². The number of carbonyl (C=O) groups is 2. The Morgan fingerprint density at radius 3 is 2.50 bits per heavy atom. The lowest BCUT2D eigenvalue weighted by Gasteiger charge is -2.06. The van der Waals surface area contributed by atoms with Gasteiger partial charge in [-0.05, 0) is 31.0 Å². The number of carbonyl (C=O) groups excluding carboxylic acids is 1. The minimum atomic E-state index is -0.816. The van der Waals surface area contributed by atoms with Crippen molar-refractivity contribution in [3.8, 4) is 0 Å². The van der Waals surface area contributed by atoms with Crippen LogP contribution in [-0.4, -0.2) is 30.2 Å². The van der Waals surface area contributed by atoms with Gasteiger partial charge in [-0.25, -0.2) is 0 Å². The van der Waals surface area contributed by atoms with Gasteiger partial charge in [0.15, 0.2) is 0 Å². The van der Waals surface area contributed by atoms with Gasteiger partial charge in [0.25, 0.3) is 0 Å². The van der Waals surface area contributed by atoms with Gasteiger partial charge >= 0.3 is 5.97 Å². The molecule has 0 bridgehead atoms. The van der Waals surface area contributed by atoms with E-state index in [9.17, 15) is 9.59 Å². The van der Waals surface area contributed by atoms with Crippen molar-refractivity contribution in [1.82, 2.24) is 0 Å². The van der Waals surface area contributed by atoms with E-state index in [-0.39, 0.29) is 18.9 Å². The second-order valence-electron chi connectivity index (χ2n) is 3.78. The number of nitrogens with one attached hydrogen (secondary N) is 1. The van der Waals surface area contributed by atoms with E-state index in [4.69, 9.17) is 9.84 Å². The summed E-state index contributed by atoms with van der Waals surface area (Å²) in [5, 5.41) is 11.2. The van der Waals surface area contributed by atoms with Crippen LogP contribution in [0.2, 0.25) is 0 Å². The van der Waals surface area contributed by atoms with Gasteiger partial charge in [0, 0.05) is 18.7 Å². The fraction of sp³-hybridized carbons (Fsp3) is 0.385. The summed E-state index contributed by atoms with van der Waals surface area (Å²) in [4.78, 5) is 21.8. The first-order valence-corrected chi connectivity index (χ1v) is 5.80. The Bertz CT molecular complexity index is 400. The molecule has 0 aliphatic carbocycles. The third kappa shape index (κ3) is 5.45. The Balaban J connectivity index is 2.44. The number of aliphatic carboxylic acids is 1. The average molecular weight is 251 g/mol. The summed E-state index contributed by atoms with van der Waals surface area (Å²) in [6, 6.07) is 7.11. The Morgan fingerprint density at radius 1 is 1.28 bits per heavy atom. The van der Waals surface area contributed by atoms with Gasteiger partial charge in [0.05, 0.1) is 0 Å². The molecule has 0 spiro atoms. The topological polar surface area (TPSA) is 75.6 Å². The van der Waals surface area contributed by atoms with Crippen molar-refractivity contribution in [2.75, 3.05) is 18.5 Å². The molecule has 5 heteroatoms. The van der Waals surface area contributed by atoms with Gasteiger partial charge < -0.3 is 15.2 Å². The molecular weight excluding hydrogens is 234 g/mol. The van der Waals surface area contributed by atoms with Gasteiger partial charge in [-0.2, -0.15) is 0 Å². The van der Waals surface area contributed by atoms with E-state index < -0.39 is 5.97 Å². The molecular formula is C13H17NO4. The van der Waals surface area contributed by atoms with Crippen molar-refractivity contribution >= 4 is 17.6 Å². The Hall–Kier alpha value is -1.88. The van der Waals surface area contributed by atoms with Gasteiger partial charge in [0.1, 0.15) is 6.61 Å². The largest absolute Gasteiger partial charge is 0.481 e. The maximum Gasteiger partial charge on any atom is 0.303 e. The number of anilines is 1. The number of hydrogen-bond acceptors (Lipinski definition) is 3. The van der Waals surface area contributed by atoms with E-state index in [1.165, 1.54) is 0 Å². The zero-order valence-corrected chi connectivity index (χ0v) is 10.3. The summed E-state index contributed by atoms with van der Waals surface area (Å²) in [6.07, 6.45) is 0.596. The van der Waals surface area contributed by atoms with E-state index in [0.717, 1.165) is 5.56 Å². The molecule has 0 heterocycles. The van der Waals surface area contributed by atoms with Crippen LogP contribution in [0.3, 0.4) is 0 Å². The third-order valence-corrected chi connectivity index (χ3v) is 2.30. The molecule has 0 saturated carbocycles. The molecule has 0 atom stereocenters. The fourth-order valence-electron chi connectivity index (χ4n) is 1.40. The second-order valence-corrected chi connectivity index (χ2v) is 3.78. The van der Waals surface area contributed by atoms with Crippen molar-refractivity contribution in [3.05, 3.63) is 29.8 Å². The SMILES string of the molecule is CCOCC(=O)Nc1ccc(CCC(=O)O)cc1. The van der Waals surface area contributed by atoms with Crippen molar-refractivity contribution in [3.63, 3.8) is 0 Å². The van der Waals surface area contributed by atoms with Crippen LogP contribution in [0.15, 0.2) is 24.3 Å². The lowest BCUT2D eigenvalue weighted by molar-refractivity contribution is -0.137. The molecule has 1 rings (SSSR count). The number of carboxylic acid groups (broad SMARTS) is 1. The first kappa shape index (κ1) is 14.2. The number of rotatable bonds is 7. The predicted octanol–water partition coefficient (Wildman–Crippen LogP) is 1.68. The van der Waals surface area contributed by atoms with Crippen LogP contribution in [0, 0.1) is 0 Å². The van der Waals surface area contributed by atoms with Gasteiger partial charge in [-0.3, -0.25) is 9.59 Å². The first-order chi connectivity index (χ1) is 8.61. The summed E-state index contributed by atoms with van der Waals surface area (Å²) in [5.41, 5.74) is 1.61. The van der Waals surface area contributed by atoms with Crippen LogP contribution in [0.1, 0.15) is 18.9 Å². The molecule has 98 valence electrons. The summed E-state index contributed by atoms with van der Waals surface area (Å²) < 4.78 is 4.98. The van der Waals surface area contributed by atoms with E-state index >= 15 is 0 Å². The van der Waals surface area contributed by atoms with Crippen LogP contribution in [0.5, 0.6) is 0 Å². The molecule has 0 aliphatic heterocycles. The second kappa shape index (κ2) is 7.45. The molecule has 2 N–H and O–H groups in total. The smallest absolute Gasteiger partial charge is 0.303 e. The fourth-order valence-corrected chi connectivity index (χ4v) is 1.40. The van der Waals surface area contributed by atoms with Crippen LogP contribution < -0.4 is 5.32 Å². The third-order valence-electron chi connectivity index (χ3n) is 2.30. The van der Waals surface area contributed by atoms with Gasteiger partial charge in [0.2, 0.25) is 5.91 Å². The van der Waals surface area contributed by atoms with Crippen molar-refractivity contribution < 1.29 is 19.4 Å². The molecule has 1 aromatic carbocycles. The van der Waals surface area contributed by atoms with E-state index in [2.05, 4.69) is 5.32 Å². The summed E-state index contributed by atoms with van der Waals surface area (Å²) in [7, 11) is 0. The Morgan fingerprint density at radius 2 is 1.94 bits per heavy atom. The standard InChI is InChI=1S/C13H17NO4/c1-2-18-9-12(15)14-11-6-3-10(4-7-11)5-8-13(16)17/h3-4,6-7H,2,5,8-9H2,1H3,(H,14,15)(H,16,17). The maximum atomic E-state index is 11.4. The highest BCUT2D eigenvalue weighted by Crippen LogP contribution is 2.11. The molecule has 0 fully saturated rings. The molecule has 0 saturated heterocycles. The summed E-state index contributed by atoms with van der Waals surface area (Å²) >= 11 is 0. The highest BCUT2D eigenvalue weighted by Gasteiger charge is 2.03.